The fourth-order valence-electron chi connectivity index (χ4n) is 0. The highest BCUT2D eigenvalue weighted by Gasteiger charge is 1.90. The van der Waals surface area contributed by atoms with Crippen LogP contribution in [0.1, 0.15) is 0 Å². The van der Waals surface area contributed by atoms with Gasteiger partial charge in [0.1, 0.15) is 0 Å². The van der Waals surface area contributed by atoms with E-state index >= 15 is 0 Å². The van der Waals surface area contributed by atoms with Gasteiger partial charge < -0.3 is 0 Å². The summed E-state index contributed by atoms with van der Waals surface area (Å²) in [4.78, 5) is 0. The molecule has 0 spiro atoms. The monoisotopic (exact) mass is 263 g/mol. The highest BCUT2D eigenvalue weighted by Crippen LogP contribution is 2.06. The number of nitrogens with two attached hydrogens (primary N) is 3. The Hall–Kier alpha value is -1.45. The van der Waals surface area contributed by atoms with Crippen LogP contribution in [-0.2, 0) is 4.57 Å². The lowest BCUT2D eigenvalue weighted by Crippen LogP contribution is -2.12. The first-order valence-corrected chi connectivity index (χ1v) is 5.87. The summed E-state index contributed by atoms with van der Waals surface area (Å²) < 4.78 is 9.55. The van der Waals surface area contributed by atoms with Crippen molar-refractivity contribution in [1.29, 1.82) is 0 Å². The molecule has 0 aliphatic heterocycles. The van der Waals surface area contributed by atoms with Gasteiger partial charge in [-0.15, -0.1) is 78.9 Å². The van der Waals surface area contributed by atoms with E-state index in [0.717, 1.165) is 0 Å². The van der Waals surface area contributed by atoms with Crippen LogP contribution in [0.3, 0.4) is 0 Å². The lowest BCUT2D eigenvalue weighted by atomic mass is 11.3. The zero-order chi connectivity index (χ0) is 16.5. The minimum atomic E-state index is -3.14. The maximum absolute atomic E-state index is 9.55. The van der Waals surface area contributed by atoms with Crippen LogP contribution in [0.5, 0.6) is 0 Å². The molecule has 0 aliphatic carbocycles. The molecule has 6 N–H and O–H groups in total. The van der Waals surface area contributed by atoms with Gasteiger partial charge in [0, 0.05) is 0 Å². The maximum Gasteiger partial charge on any atom is 0.271 e. The van der Waals surface area contributed by atoms with Crippen molar-refractivity contribution in [2.75, 3.05) is 0 Å². The molecule has 0 radical (unpaired) electrons. The minimum absolute atomic E-state index is 3.00. The Bertz CT molecular complexity index is 114. The summed E-state index contributed by atoms with van der Waals surface area (Å²) in [5.74, 6) is 0. The van der Waals surface area contributed by atoms with Crippen LogP contribution in [0.15, 0.2) is 78.9 Å². The summed E-state index contributed by atoms with van der Waals surface area (Å²) in [6, 6.07) is 0. The Kier molecular flexibility index (Phi) is 342. The van der Waals surface area contributed by atoms with Crippen molar-refractivity contribution in [3.05, 3.63) is 78.9 Å². The highest BCUT2D eigenvalue weighted by molar-refractivity contribution is 7.56. The SMILES string of the molecule is C=C.C=C.C=C.C=C.C=C.C=C.NP(N)(N)=O. The number of hydrogen-bond acceptors (Lipinski definition) is 1. The molecule has 104 valence electrons. The first-order valence-electron chi connectivity index (χ1n) is 3.96. The van der Waals surface area contributed by atoms with Crippen molar-refractivity contribution >= 4 is 7.59 Å². The minimum Gasteiger partial charge on any atom is -0.272 e. The van der Waals surface area contributed by atoms with Gasteiger partial charge in [0.25, 0.3) is 7.59 Å². The van der Waals surface area contributed by atoms with Crippen molar-refractivity contribution in [3.63, 3.8) is 0 Å². The molecule has 0 rings (SSSR count). The van der Waals surface area contributed by atoms with Gasteiger partial charge in [0.05, 0.1) is 0 Å². The Morgan fingerprint density at radius 2 is 0.471 bits per heavy atom. The number of rotatable bonds is 0. The van der Waals surface area contributed by atoms with Crippen LogP contribution in [0, 0.1) is 0 Å². The van der Waals surface area contributed by atoms with E-state index in [2.05, 4.69) is 95.5 Å². The van der Waals surface area contributed by atoms with Gasteiger partial charge in [-0.05, 0) is 0 Å². The summed E-state index contributed by atoms with van der Waals surface area (Å²) in [7, 11) is -3.14. The maximum atomic E-state index is 9.55. The molecule has 0 saturated heterocycles. The third-order valence-corrected chi connectivity index (χ3v) is 0. The van der Waals surface area contributed by atoms with E-state index in [1.165, 1.54) is 0 Å². The first-order chi connectivity index (χ1) is 8.00. The molecule has 0 bridgehead atoms. The fraction of sp³-hybridized carbons (Fsp3) is 0. The molecular formula is C12H30N3OP. The Morgan fingerprint density at radius 1 is 0.471 bits per heavy atom. The van der Waals surface area contributed by atoms with E-state index in [0.29, 0.717) is 0 Å². The predicted octanol–water partition coefficient (Wildman–Crippen LogP) is 3.78. The summed E-state index contributed by atoms with van der Waals surface area (Å²) in [6.45, 7) is 36.0. The van der Waals surface area contributed by atoms with E-state index in [-0.39, 0.29) is 0 Å². The molecule has 0 saturated carbocycles. The van der Waals surface area contributed by atoms with Crippen LogP contribution < -0.4 is 16.5 Å². The molecule has 17 heavy (non-hydrogen) atoms. The first kappa shape index (κ1) is 45.0. The van der Waals surface area contributed by atoms with Crippen molar-refractivity contribution in [2.45, 2.75) is 0 Å². The molecule has 0 unspecified atom stereocenters. The van der Waals surface area contributed by atoms with Crippen LogP contribution in [-0.4, -0.2) is 0 Å². The van der Waals surface area contributed by atoms with Gasteiger partial charge in [-0.2, -0.15) is 0 Å². The zero-order valence-corrected chi connectivity index (χ0v) is 12.0. The summed E-state index contributed by atoms with van der Waals surface area (Å²) in [5.41, 5.74) is 13.4. The van der Waals surface area contributed by atoms with Crippen molar-refractivity contribution in [1.82, 2.24) is 0 Å². The van der Waals surface area contributed by atoms with Crippen LogP contribution >= 0.6 is 7.59 Å². The van der Waals surface area contributed by atoms with Gasteiger partial charge in [-0.25, -0.2) is 0 Å². The topological polar surface area (TPSA) is 95.1 Å². The average molecular weight is 263 g/mol. The second-order valence-electron chi connectivity index (χ2n) is 0.763. The van der Waals surface area contributed by atoms with Gasteiger partial charge in [-0.1, -0.05) is 0 Å². The van der Waals surface area contributed by atoms with Gasteiger partial charge in [0.2, 0.25) is 0 Å². The van der Waals surface area contributed by atoms with E-state index in [1.807, 2.05) is 0 Å². The third kappa shape index (κ3) is 1090. The normalized spacial score (nSPS) is 4.88. The standard InChI is InChI=1S/6C2H4.H6N3OP/c6*1-2;1-5(2,3)4/h6*1-2H2;(H6,1,2,3,4). The van der Waals surface area contributed by atoms with E-state index in [1.54, 1.807) is 0 Å². The van der Waals surface area contributed by atoms with Gasteiger partial charge in [-0.3, -0.25) is 21.1 Å². The van der Waals surface area contributed by atoms with E-state index in [4.69, 9.17) is 0 Å². The van der Waals surface area contributed by atoms with Crippen molar-refractivity contribution < 1.29 is 4.57 Å². The molecule has 0 aliphatic rings. The van der Waals surface area contributed by atoms with Crippen LogP contribution in [0.2, 0.25) is 0 Å². The quantitative estimate of drug-likeness (QED) is 0.457. The Balaban J connectivity index is -0.0000000147. The van der Waals surface area contributed by atoms with Crippen LogP contribution in [0.25, 0.3) is 0 Å². The molecule has 0 atom stereocenters. The fourth-order valence-corrected chi connectivity index (χ4v) is 0. The Morgan fingerprint density at radius 3 is 0.471 bits per heavy atom. The third-order valence-electron chi connectivity index (χ3n) is 0. The average Bonchev–Trinajstić information content (AvgIpc) is 2.41. The lowest BCUT2D eigenvalue weighted by molar-refractivity contribution is 0.577. The summed E-state index contributed by atoms with van der Waals surface area (Å²) >= 11 is 0. The molecule has 0 aromatic carbocycles. The zero-order valence-electron chi connectivity index (χ0n) is 11.1. The summed E-state index contributed by atoms with van der Waals surface area (Å²) in [5, 5.41) is 0. The molecule has 0 aromatic heterocycles. The molecule has 0 amide bonds. The molecular weight excluding hydrogens is 233 g/mol. The molecule has 5 heteroatoms. The van der Waals surface area contributed by atoms with E-state index in [9.17, 15) is 4.57 Å². The second-order valence-corrected chi connectivity index (χ2v) is 2.29. The summed E-state index contributed by atoms with van der Waals surface area (Å²) in [6.07, 6.45) is 0. The second kappa shape index (κ2) is 129. The predicted molar refractivity (Wildman–Crippen MR) is 87.7 cm³/mol. The highest BCUT2D eigenvalue weighted by atomic mass is 31.2. The molecule has 0 fully saturated rings. The smallest absolute Gasteiger partial charge is 0.271 e. The number of hydrogen-bond donors (Lipinski definition) is 3. The van der Waals surface area contributed by atoms with Crippen molar-refractivity contribution in [2.24, 2.45) is 16.5 Å². The van der Waals surface area contributed by atoms with Gasteiger partial charge >= 0.3 is 0 Å². The molecule has 0 heterocycles. The van der Waals surface area contributed by atoms with E-state index < -0.39 is 7.59 Å². The molecule has 0 aromatic rings. The largest absolute Gasteiger partial charge is 0.272 e. The van der Waals surface area contributed by atoms with Crippen molar-refractivity contribution in [3.8, 4) is 0 Å². The van der Waals surface area contributed by atoms with Crippen LogP contribution in [0.4, 0.5) is 0 Å². The molecule has 4 nitrogen and oxygen atoms in total. The lowest BCUT2D eigenvalue weighted by Gasteiger charge is -1.88. The Labute approximate surface area is 108 Å². The van der Waals surface area contributed by atoms with Gasteiger partial charge in [0.15, 0.2) is 0 Å².